The van der Waals surface area contributed by atoms with Crippen LogP contribution in [0.1, 0.15) is 197 Å². The third kappa shape index (κ3) is 35.0. The molecule has 0 aliphatic carbocycles. The Bertz CT molecular complexity index is 951. The fourth-order valence-corrected chi connectivity index (χ4v) is 7.18. The van der Waals surface area contributed by atoms with Crippen LogP contribution < -0.4 is 0 Å². The lowest BCUT2D eigenvalue weighted by molar-refractivity contribution is -0.146. The molecule has 12 nitrogen and oxygen atoms in total. The van der Waals surface area contributed by atoms with Crippen molar-refractivity contribution in [2.24, 2.45) is 11.8 Å². The van der Waals surface area contributed by atoms with E-state index in [1.54, 1.807) is 13.8 Å². The number of hydrogen-bond acceptors (Lipinski definition) is 12. The summed E-state index contributed by atoms with van der Waals surface area (Å²) < 4.78 is 33.0. The molecule has 0 fully saturated rings. The minimum absolute atomic E-state index is 0.121. The first kappa shape index (κ1) is 57.4. The lowest BCUT2D eigenvalue weighted by atomic mass is 9.96. The van der Waals surface area contributed by atoms with Gasteiger partial charge in [0.05, 0.1) is 13.2 Å². The Morgan fingerprint density at radius 1 is 0.417 bits per heavy atom. The quantitative estimate of drug-likeness (QED) is 0.0329. The fourth-order valence-electron chi connectivity index (χ4n) is 7.18. The first-order valence-electron chi connectivity index (χ1n) is 24.4. The van der Waals surface area contributed by atoms with Crippen LogP contribution in [0.25, 0.3) is 0 Å². The van der Waals surface area contributed by atoms with Crippen molar-refractivity contribution in [1.29, 1.82) is 0 Å². The molecule has 0 amide bonds. The summed E-state index contributed by atoms with van der Waals surface area (Å²) in [5, 5.41) is 0. The molecule has 0 aliphatic heterocycles. The lowest BCUT2D eigenvalue weighted by Gasteiger charge is -2.26. The average molecular weight is 857 g/mol. The standard InChI is InChI=1S/C48H92N2O10/c1-9-15-19-27-43(28-20-16-10-2)39-57-45(51)31-23-25-41(7)59-47(53)55-37-35-50(34-33-49(13-5)14-6)36-38-56-48(54)60-42(8)26-24-32-46(52)58-40-44(29-21-17-11-3)30-22-18-12-4/h41-44H,9-40H2,1-8H3. The van der Waals surface area contributed by atoms with Gasteiger partial charge in [-0.25, -0.2) is 9.59 Å². The number of hydrogen-bond donors (Lipinski definition) is 0. The van der Waals surface area contributed by atoms with E-state index in [4.69, 9.17) is 28.4 Å². The van der Waals surface area contributed by atoms with Crippen molar-refractivity contribution in [3.63, 3.8) is 0 Å². The first-order valence-corrected chi connectivity index (χ1v) is 24.4. The van der Waals surface area contributed by atoms with Crippen LogP contribution in [-0.2, 0) is 38.0 Å². The second kappa shape index (κ2) is 40.5. The molecule has 0 aromatic carbocycles. The summed E-state index contributed by atoms with van der Waals surface area (Å²) in [7, 11) is 0. The highest BCUT2D eigenvalue weighted by atomic mass is 16.7. The maximum Gasteiger partial charge on any atom is 0.508 e. The van der Waals surface area contributed by atoms with Gasteiger partial charge in [0.15, 0.2) is 0 Å². The van der Waals surface area contributed by atoms with Gasteiger partial charge in [0.25, 0.3) is 0 Å². The van der Waals surface area contributed by atoms with Crippen LogP contribution in [0.5, 0.6) is 0 Å². The van der Waals surface area contributed by atoms with Crippen LogP contribution in [-0.4, -0.2) is 112 Å². The van der Waals surface area contributed by atoms with E-state index in [0.717, 1.165) is 45.3 Å². The van der Waals surface area contributed by atoms with E-state index < -0.39 is 24.5 Å². The smallest absolute Gasteiger partial charge is 0.465 e. The van der Waals surface area contributed by atoms with Gasteiger partial charge < -0.3 is 33.3 Å². The van der Waals surface area contributed by atoms with Gasteiger partial charge in [-0.05, 0) is 90.1 Å². The molecule has 2 unspecified atom stereocenters. The summed E-state index contributed by atoms with van der Waals surface area (Å²) in [6.45, 7) is 22.1. The SMILES string of the molecule is CCCCCC(CCCCC)COC(=O)CCCC(C)OC(=O)OCCN(CCOC(=O)OC(C)CCCC(=O)OCC(CCCCC)CCCCC)CCN(CC)CC. The van der Waals surface area contributed by atoms with Crippen molar-refractivity contribution in [2.75, 3.05) is 65.7 Å². The second-order valence-electron chi connectivity index (χ2n) is 16.8. The van der Waals surface area contributed by atoms with Crippen LogP contribution in [0.15, 0.2) is 0 Å². The largest absolute Gasteiger partial charge is 0.508 e. The van der Waals surface area contributed by atoms with E-state index >= 15 is 0 Å². The Hall–Kier alpha value is -2.60. The first-order chi connectivity index (χ1) is 29.0. The predicted molar refractivity (Wildman–Crippen MR) is 241 cm³/mol. The molecular weight excluding hydrogens is 765 g/mol. The van der Waals surface area contributed by atoms with Crippen molar-refractivity contribution in [3.05, 3.63) is 0 Å². The third-order valence-corrected chi connectivity index (χ3v) is 11.3. The number of likely N-dealkylation sites (N-methyl/N-ethyl adjacent to an activating group) is 1. The summed E-state index contributed by atoms with van der Waals surface area (Å²) in [6.07, 6.45) is 19.2. The lowest BCUT2D eigenvalue weighted by Crippen LogP contribution is -2.39. The number of esters is 2. The second-order valence-corrected chi connectivity index (χ2v) is 16.8. The molecule has 2 atom stereocenters. The van der Waals surface area contributed by atoms with E-state index in [1.807, 2.05) is 0 Å². The van der Waals surface area contributed by atoms with E-state index in [9.17, 15) is 19.2 Å². The van der Waals surface area contributed by atoms with E-state index in [2.05, 4.69) is 51.3 Å². The maximum atomic E-state index is 12.5. The molecular formula is C48H92N2O10. The molecule has 0 aromatic rings. The Kier molecular flexibility index (Phi) is 38.7. The molecule has 0 saturated carbocycles. The third-order valence-electron chi connectivity index (χ3n) is 11.3. The molecule has 0 radical (unpaired) electrons. The van der Waals surface area contributed by atoms with E-state index in [-0.39, 0.29) is 25.2 Å². The summed E-state index contributed by atoms with van der Waals surface area (Å²) in [5.41, 5.74) is 0. The Morgan fingerprint density at radius 2 is 0.767 bits per heavy atom. The Labute approximate surface area is 367 Å². The van der Waals surface area contributed by atoms with Gasteiger partial charge in [0.2, 0.25) is 0 Å². The zero-order valence-electron chi connectivity index (χ0n) is 39.9. The highest BCUT2D eigenvalue weighted by molar-refractivity contribution is 5.69. The van der Waals surface area contributed by atoms with Crippen molar-refractivity contribution in [3.8, 4) is 0 Å². The van der Waals surface area contributed by atoms with Crippen molar-refractivity contribution >= 4 is 24.2 Å². The van der Waals surface area contributed by atoms with Gasteiger partial charge >= 0.3 is 24.2 Å². The number of unbranched alkanes of at least 4 members (excludes halogenated alkanes) is 8. The predicted octanol–water partition coefficient (Wildman–Crippen LogP) is 11.7. The van der Waals surface area contributed by atoms with E-state index in [1.165, 1.54) is 77.0 Å². The number of ether oxygens (including phenoxy) is 6. The Balaban J connectivity index is 4.57. The summed E-state index contributed by atoms with van der Waals surface area (Å²) >= 11 is 0. The number of nitrogens with zero attached hydrogens (tertiary/aromatic N) is 2. The van der Waals surface area contributed by atoms with Gasteiger partial charge in [-0.15, -0.1) is 0 Å². The van der Waals surface area contributed by atoms with Crippen molar-refractivity contribution in [1.82, 2.24) is 9.80 Å². The summed E-state index contributed by atoms with van der Waals surface area (Å²) in [4.78, 5) is 54.2. The van der Waals surface area contributed by atoms with Gasteiger partial charge in [0, 0.05) is 39.0 Å². The van der Waals surface area contributed by atoms with Gasteiger partial charge in [-0.2, -0.15) is 0 Å². The molecule has 60 heavy (non-hydrogen) atoms. The van der Waals surface area contributed by atoms with Crippen molar-refractivity contribution < 1.29 is 47.6 Å². The van der Waals surface area contributed by atoms with E-state index in [0.29, 0.717) is 83.2 Å². The van der Waals surface area contributed by atoms with Crippen LogP contribution in [0.4, 0.5) is 9.59 Å². The molecule has 12 heteroatoms. The minimum Gasteiger partial charge on any atom is -0.465 e. The summed E-state index contributed by atoms with van der Waals surface area (Å²) in [6, 6.07) is 0. The monoisotopic (exact) mass is 857 g/mol. The number of carbonyl (C=O) groups excluding carboxylic acids is 4. The van der Waals surface area contributed by atoms with Gasteiger partial charge in [0.1, 0.15) is 25.4 Å². The minimum atomic E-state index is -0.744. The molecule has 0 rings (SSSR count). The molecule has 0 N–H and O–H groups in total. The van der Waals surface area contributed by atoms with Crippen LogP contribution >= 0.6 is 0 Å². The molecule has 0 aromatic heterocycles. The molecule has 0 saturated heterocycles. The van der Waals surface area contributed by atoms with Crippen LogP contribution in [0.3, 0.4) is 0 Å². The number of carbonyl (C=O) groups is 4. The molecule has 0 spiro atoms. The van der Waals surface area contributed by atoms with Crippen LogP contribution in [0.2, 0.25) is 0 Å². The maximum absolute atomic E-state index is 12.5. The normalized spacial score (nSPS) is 12.5. The highest BCUT2D eigenvalue weighted by Crippen LogP contribution is 2.20. The molecule has 0 bridgehead atoms. The van der Waals surface area contributed by atoms with Crippen molar-refractivity contribution in [2.45, 2.75) is 209 Å². The molecule has 0 aliphatic rings. The van der Waals surface area contributed by atoms with Gasteiger partial charge in [-0.3, -0.25) is 14.5 Å². The fraction of sp³-hybridized carbons (Fsp3) is 0.917. The molecule has 0 heterocycles. The summed E-state index contributed by atoms with van der Waals surface area (Å²) in [5.74, 6) is 0.472. The van der Waals surface area contributed by atoms with Crippen LogP contribution in [0, 0.1) is 11.8 Å². The average Bonchev–Trinajstić information content (AvgIpc) is 3.21. The zero-order valence-corrected chi connectivity index (χ0v) is 39.9. The molecule has 354 valence electrons. The topological polar surface area (TPSA) is 130 Å². The Morgan fingerprint density at radius 3 is 1.10 bits per heavy atom. The highest BCUT2D eigenvalue weighted by Gasteiger charge is 2.18. The zero-order chi connectivity index (χ0) is 44.6. The van der Waals surface area contributed by atoms with Gasteiger partial charge in [-0.1, -0.05) is 119 Å². The number of rotatable bonds is 41.